The molecule has 0 fully saturated rings. The summed E-state index contributed by atoms with van der Waals surface area (Å²) in [7, 11) is 1.28. The van der Waals surface area contributed by atoms with Crippen LogP contribution in [0.15, 0.2) is 0 Å². The number of ketones is 1. The number of carbonyl (C=O) groups excluding carboxylic acids is 2. The summed E-state index contributed by atoms with van der Waals surface area (Å²) >= 11 is 0. The Morgan fingerprint density at radius 2 is 1.76 bits per heavy atom. The molecule has 0 heterocycles. The second-order valence-corrected chi connectivity index (χ2v) is 4.96. The molecule has 3 nitrogen and oxygen atoms in total. The molecule has 0 aliphatic rings. The second-order valence-electron chi connectivity index (χ2n) is 4.96. The van der Waals surface area contributed by atoms with Crippen molar-refractivity contribution >= 4 is 11.8 Å². The van der Waals surface area contributed by atoms with E-state index in [4.69, 9.17) is 24.0 Å². The van der Waals surface area contributed by atoms with Crippen molar-refractivity contribution in [3.05, 3.63) is 0 Å². The minimum atomic E-state index is -0.785. The van der Waals surface area contributed by atoms with Gasteiger partial charge in [0.1, 0.15) is 11.7 Å². The first-order chi connectivity index (χ1) is 10.0. The van der Waals surface area contributed by atoms with Crippen molar-refractivity contribution in [1.82, 2.24) is 0 Å². The van der Waals surface area contributed by atoms with Crippen molar-refractivity contribution in [1.29, 1.82) is 0 Å². The first-order valence-corrected chi connectivity index (χ1v) is 6.93. The summed E-state index contributed by atoms with van der Waals surface area (Å²) < 4.78 is 4.73. The Balaban J connectivity index is 4.96. The molecule has 0 aromatic carbocycles. The Kier molecular flexibility index (Phi) is 9.49. The van der Waals surface area contributed by atoms with Crippen molar-refractivity contribution < 1.29 is 14.3 Å². The third-order valence-electron chi connectivity index (χ3n) is 3.51. The number of terminal acetylenes is 3. The summed E-state index contributed by atoms with van der Waals surface area (Å²) in [6.45, 7) is 1.39. The molecule has 0 saturated heterocycles. The highest BCUT2D eigenvalue weighted by molar-refractivity contribution is 5.98. The van der Waals surface area contributed by atoms with E-state index in [1.165, 1.54) is 14.0 Å². The van der Waals surface area contributed by atoms with Crippen LogP contribution >= 0.6 is 0 Å². The zero-order chi connectivity index (χ0) is 16.3. The molecular weight excluding hydrogens is 264 g/mol. The molecule has 3 unspecified atom stereocenters. The van der Waals surface area contributed by atoms with Crippen LogP contribution in [0.3, 0.4) is 0 Å². The Morgan fingerprint density at radius 3 is 2.19 bits per heavy atom. The van der Waals surface area contributed by atoms with Gasteiger partial charge in [0.15, 0.2) is 0 Å². The molecule has 21 heavy (non-hydrogen) atoms. The number of ether oxygens (including phenoxy) is 1. The fraction of sp³-hybridized carbons (Fsp3) is 0.556. The number of rotatable bonds is 9. The summed E-state index contributed by atoms with van der Waals surface area (Å²) in [5, 5.41) is 0. The maximum absolute atomic E-state index is 11.8. The number of esters is 1. The van der Waals surface area contributed by atoms with Gasteiger partial charge < -0.3 is 4.74 Å². The van der Waals surface area contributed by atoms with Crippen LogP contribution in [0.4, 0.5) is 0 Å². The fourth-order valence-corrected chi connectivity index (χ4v) is 2.37. The van der Waals surface area contributed by atoms with Gasteiger partial charge >= 0.3 is 5.97 Å². The van der Waals surface area contributed by atoms with Gasteiger partial charge in [-0.2, -0.15) is 0 Å². The van der Waals surface area contributed by atoms with Crippen LogP contribution in [-0.2, 0) is 14.3 Å². The molecule has 0 saturated carbocycles. The van der Waals surface area contributed by atoms with E-state index in [9.17, 15) is 9.59 Å². The summed E-state index contributed by atoms with van der Waals surface area (Å²) in [6.07, 6.45) is 18.8. The fourth-order valence-electron chi connectivity index (χ4n) is 2.37. The average molecular weight is 286 g/mol. The van der Waals surface area contributed by atoms with E-state index in [-0.39, 0.29) is 17.6 Å². The van der Waals surface area contributed by atoms with Gasteiger partial charge in [0.05, 0.1) is 7.11 Å². The summed E-state index contributed by atoms with van der Waals surface area (Å²) in [6, 6.07) is 0. The minimum Gasteiger partial charge on any atom is -0.468 e. The molecule has 112 valence electrons. The normalized spacial score (nSPS) is 13.9. The number of Topliss-reactive ketones (excluding diaryl/α,β-unsaturated/α-hetero) is 1. The van der Waals surface area contributed by atoms with Gasteiger partial charge in [-0.25, -0.2) is 0 Å². The zero-order valence-electron chi connectivity index (χ0n) is 12.7. The molecule has 0 rings (SSSR count). The minimum absolute atomic E-state index is 0.0476. The maximum atomic E-state index is 11.8. The van der Waals surface area contributed by atoms with Crippen LogP contribution in [0.1, 0.15) is 39.0 Å². The predicted molar refractivity (Wildman–Crippen MR) is 82.8 cm³/mol. The number of carbonyl (C=O) groups is 2. The van der Waals surface area contributed by atoms with E-state index in [1.54, 1.807) is 0 Å². The zero-order valence-corrected chi connectivity index (χ0v) is 12.7. The SMILES string of the molecule is C#CCCC(CCC(C#C)CC#C)C(C(C)=O)C(=O)OC. The van der Waals surface area contributed by atoms with Crippen LogP contribution in [0.2, 0.25) is 0 Å². The van der Waals surface area contributed by atoms with Crippen molar-refractivity contribution in [2.75, 3.05) is 7.11 Å². The third kappa shape index (κ3) is 6.69. The van der Waals surface area contributed by atoms with Crippen molar-refractivity contribution in [3.63, 3.8) is 0 Å². The van der Waals surface area contributed by atoms with Gasteiger partial charge in [0.2, 0.25) is 0 Å². The molecule has 0 aromatic heterocycles. The lowest BCUT2D eigenvalue weighted by Gasteiger charge is -2.23. The lowest BCUT2D eigenvalue weighted by molar-refractivity contribution is -0.151. The largest absolute Gasteiger partial charge is 0.468 e. The van der Waals surface area contributed by atoms with Crippen molar-refractivity contribution in [2.24, 2.45) is 17.8 Å². The van der Waals surface area contributed by atoms with E-state index >= 15 is 0 Å². The Labute approximate surface area is 127 Å². The van der Waals surface area contributed by atoms with Gasteiger partial charge in [-0.15, -0.1) is 37.0 Å². The molecule has 0 aliphatic heterocycles. The molecule has 0 N–H and O–H groups in total. The monoisotopic (exact) mass is 286 g/mol. The van der Waals surface area contributed by atoms with E-state index in [0.29, 0.717) is 32.1 Å². The summed E-state index contributed by atoms with van der Waals surface area (Å²) in [5.74, 6) is 6.00. The molecule has 0 bridgehead atoms. The van der Waals surface area contributed by atoms with Crippen molar-refractivity contribution in [2.45, 2.75) is 39.0 Å². The van der Waals surface area contributed by atoms with Crippen molar-refractivity contribution in [3.8, 4) is 37.0 Å². The summed E-state index contributed by atoms with van der Waals surface area (Å²) in [4.78, 5) is 23.6. The maximum Gasteiger partial charge on any atom is 0.316 e. The molecule has 0 aromatic rings. The van der Waals surface area contributed by atoms with Gasteiger partial charge in [-0.1, -0.05) is 0 Å². The van der Waals surface area contributed by atoms with Gasteiger partial charge in [0.25, 0.3) is 0 Å². The van der Waals surface area contributed by atoms with Gasteiger partial charge in [-0.3, -0.25) is 9.59 Å². The quantitative estimate of drug-likeness (QED) is 0.371. The molecule has 3 heteroatoms. The number of hydrogen-bond donors (Lipinski definition) is 0. The third-order valence-corrected chi connectivity index (χ3v) is 3.51. The van der Waals surface area contributed by atoms with Crippen LogP contribution in [-0.4, -0.2) is 18.9 Å². The van der Waals surface area contributed by atoms with E-state index in [1.807, 2.05) is 0 Å². The standard InChI is InChI=1S/C18H22O3/c1-6-9-11-16(13-12-15(8-3)10-7-2)17(14(4)19)18(20)21-5/h1-3,15-17H,9-13H2,4-5H3. The smallest absolute Gasteiger partial charge is 0.316 e. The predicted octanol–water partition coefficient (Wildman–Crippen LogP) is 2.45. The van der Waals surface area contributed by atoms with Gasteiger partial charge in [-0.05, 0) is 32.1 Å². The molecular formula is C18H22O3. The molecule has 0 radical (unpaired) electrons. The Bertz CT molecular complexity index is 470. The van der Waals surface area contributed by atoms with Crippen LogP contribution in [0.25, 0.3) is 0 Å². The first-order valence-electron chi connectivity index (χ1n) is 6.93. The van der Waals surface area contributed by atoms with Crippen LogP contribution in [0.5, 0.6) is 0 Å². The molecule has 3 atom stereocenters. The van der Waals surface area contributed by atoms with E-state index in [0.717, 1.165) is 0 Å². The van der Waals surface area contributed by atoms with E-state index < -0.39 is 11.9 Å². The second kappa shape index (κ2) is 10.6. The highest BCUT2D eigenvalue weighted by Crippen LogP contribution is 2.27. The lowest BCUT2D eigenvalue weighted by atomic mass is 9.80. The number of hydrogen-bond acceptors (Lipinski definition) is 3. The topological polar surface area (TPSA) is 43.4 Å². The van der Waals surface area contributed by atoms with Gasteiger partial charge in [0, 0.05) is 18.8 Å². The van der Waals surface area contributed by atoms with Crippen LogP contribution < -0.4 is 0 Å². The molecule has 0 amide bonds. The molecule has 0 aliphatic carbocycles. The lowest BCUT2D eigenvalue weighted by Crippen LogP contribution is -2.31. The Hall–Kier alpha value is -2.18. The first kappa shape index (κ1) is 18.8. The summed E-state index contributed by atoms with van der Waals surface area (Å²) in [5.41, 5.74) is 0. The average Bonchev–Trinajstić information content (AvgIpc) is 2.47. The van der Waals surface area contributed by atoms with E-state index in [2.05, 4.69) is 17.8 Å². The molecule has 0 spiro atoms. The highest BCUT2D eigenvalue weighted by Gasteiger charge is 2.32. The Morgan fingerprint density at radius 1 is 1.10 bits per heavy atom. The highest BCUT2D eigenvalue weighted by atomic mass is 16.5. The number of methoxy groups -OCH3 is 1. The van der Waals surface area contributed by atoms with Crippen LogP contribution in [0, 0.1) is 54.8 Å².